The van der Waals surface area contributed by atoms with Gasteiger partial charge in [0.25, 0.3) is 0 Å². The highest BCUT2D eigenvalue weighted by atomic mass is 19.1. The van der Waals surface area contributed by atoms with E-state index in [1.807, 2.05) is 6.07 Å². The zero-order valence-corrected chi connectivity index (χ0v) is 10.7. The summed E-state index contributed by atoms with van der Waals surface area (Å²) in [4.78, 5) is 3.63. The number of hydrogen-bond acceptors (Lipinski definition) is 3. The fraction of sp³-hybridized carbons (Fsp3) is 0.267. The summed E-state index contributed by atoms with van der Waals surface area (Å²) in [7, 11) is 0. The number of halogens is 1. The number of benzene rings is 1. The molecule has 2 aromatic rings. The Morgan fingerprint density at radius 1 is 1.32 bits per heavy atom. The van der Waals surface area contributed by atoms with Gasteiger partial charge in [-0.3, -0.25) is 0 Å². The fourth-order valence-electron chi connectivity index (χ4n) is 2.27. The van der Waals surface area contributed by atoms with Crippen LogP contribution >= 0.6 is 0 Å². The first-order chi connectivity index (χ1) is 9.22. The van der Waals surface area contributed by atoms with E-state index in [1.165, 1.54) is 23.4 Å². The van der Waals surface area contributed by atoms with Gasteiger partial charge < -0.3 is 10.1 Å². The van der Waals surface area contributed by atoms with Gasteiger partial charge in [0.05, 0.1) is 18.5 Å². The van der Waals surface area contributed by atoms with Crippen LogP contribution in [0.3, 0.4) is 0 Å². The number of rotatable bonds is 3. The van der Waals surface area contributed by atoms with Gasteiger partial charge in [-0.25, -0.2) is 4.98 Å². The van der Waals surface area contributed by atoms with E-state index < -0.39 is 5.95 Å². The van der Waals surface area contributed by atoms with Crippen LogP contribution in [0.15, 0.2) is 36.5 Å². The van der Waals surface area contributed by atoms with Crippen LogP contribution in [0.25, 0.3) is 0 Å². The zero-order valence-electron chi connectivity index (χ0n) is 10.7. The van der Waals surface area contributed by atoms with E-state index in [0.717, 1.165) is 24.5 Å². The molecule has 1 aliphatic heterocycles. The molecule has 1 aliphatic rings. The third kappa shape index (κ3) is 2.52. The number of pyridine rings is 1. The number of aromatic nitrogens is 1. The molecule has 3 rings (SSSR count). The molecule has 0 radical (unpaired) electrons. The van der Waals surface area contributed by atoms with Crippen LogP contribution in [0, 0.1) is 5.95 Å². The molecule has 1 N–H and O–H groups in total. The Labute approximate surface area is 111 Å². The van der Waals surface area contributed by atoms with Gasteiger partial charge in [-0.2, -0.15) is 4.39 Å². The van der Waals surface area contributed by atoms with Crippen molar-refractivity contribution in [2.24, 2.45) is 0 Å². The van der Waals surface area contributed by atoms with Crippen molar-refractivity contribution in [2.75, 3.05) is 11.9 Å². The molecule has 0 aliphatic carbocycles. The normalized spacial score (nSPS) is 14.6. The molecular weight excluding hydrogens is 243 g/mol. The van der Waals surface area contributed by atoms with Crippen molar-refractivity contribution in [2.45, 2.75) is 19.4 Å². The maximum Gasteiger partial charge on any atom is 0.212 e. The van der Waals surface area contributed by atoms with Gasteiger partial charge in [-0.05, 0) is 42.3 Å². The number of nitrogens with one attached hydrogen (secondary N) is 1. The SMILES string of the molecule is CC(Nc1ccc(F)nc1)c1ccc2c(c1)CCO2. The fourth-order valence-corrected chi connectivity index (χ4v) is 2.27. The zero-order chi connectivity index (χ0) is 13.2. The number of anilines is 1. The monoisotopic (exact) mass is 258 g/mol. The van der Waals surface area contributed by atoms with Crippen molar-refractivity contribution >= 4 is 5.69 Å². The van der Waals surface area contributed by atoms with Crippen LogP contribution in [0.4, 0.5) is 10.1 Å². The van der Waals surface area contributed by atoms with Crippen LogP contribution in [0.5, 0.6) is 5.75 Å². The minimum atomic E-state index is -0.465. The molecule has 19 heavy (non-hydrogen) atoms. The van der Waals surface area contributed by atoms with E-state index in [9.17, 15) is 4.39 Å². The van der Waals surface area contributed by atoms with E-state index in [4.69, 9.17) is 4.74 Å². The summed E-state index contributed by atoms with van der Waals surface area (Å²) in [6, 6.07) is 9.41. The summed E-state index contributed by atoms with van der Waals surface area (Å²) < 4.78 is 18.2. The van der Waals surface area contributed by atoms with Crippen LogP contribution in [0.1, 0.15) is 24.1 Å². The van der Waals surface area contributed by atoms with Gasteiger partial charge >= 0.3 is 0 Å². The number of hydrogen-bond donors (Lipinski definition) is 1. The van der Waals surface area contributed by atoms with E-state index >= 15 is 0 Å². The molecule has 1 aromatic heterocycles. The maximum atomic E-state index is 12.7. The van der Waals surface area contributed by atoms with Crippen LogP contribution in [-0.2, 0) is 6.42 Å². The highest BCUT2D eigenvalue weighted by Crippen LogP contribution is 2.29. The van der Waals surface area contributed by atoms with E-state index in [2.05, 4.69) is 29.4 Å². The van der Waals surface area contributed by atoms with Crippen LogP contribution in [-0.4, -0.2) is 11.6 Å². The molecule has 0 spiro atoms. The Bertz CT molecular complexity index is 583. The van der Waals surface area contributed by atoms with Gasteiger partial charge in [0.1, 0.15) is 5.75 Å². The van der Waals surface area contributed by atoms with Crippen LogP contribution < -0.4 is 10.1 Å². The molecule has 4 heteroatoms. The van der Waals surface area contributed by atoms with Crippen LogP contribution in [0.2, 0.25) is 0 Å². The Kier molecular flexibility index (Phi) is 3.07. The number of nitrogens with zero attached hydrogens (tertiary/aromatic N) is 1. The first kappa shape index (κ1) is 12.0. The van der Waals surface area contributed by atoms with Crippen molar-refractivity contribution < 1.29 is 9.13 Å². The Morgan fingerprint density at radius 2 is 2.21 bits per heavy atom. The van der Waals surface area contributed by atoms with Gasteiger partial charge in [0, 0.05) is 12.5 Å². The number of fused-ring (bicyclic) bond motifs is 1. The molecule has 0 saturated carbocycles. The smallest absolute Gasteiger partial charge is 0.212 e. The first-order valence-electron chi connectivity index (χ1n) is 6.36. The van der Waals surface area contributed by atoms with Gasteiger partial charge in [0.15, 0.2) is 0 Å². The van der Waals surface area contributed by atoms with Gasteiger partial charge in [0.2, 0.25) is 5.95 Å². The molecule has 0 saturated heterocycles. The Hall–Kier alpha value is -2.10. The second-order valence-electron chi connectivity index (χ2n) is 4.70. The molecule has 1 atom stereocenters. The molecule has 0 amide bonds. The minimum Gasteiger partial charge on any atom is -0.493 e. The molecule has 1 unspecified atom stereocenters. The average Bonchev–Trinajstić information content (AvgIpc) is 2.88. The molecule has 98 valence electrons. The predicted octanol–water partition coefficient (Wildman–Crippen LogP) is 3.33. The topological polar surface area (TPSA) is 34.2 Å². The molecular formula is C15H15FN2O. The summed E-state index contributed by atoms with van der Waals surface area (Å²) in [6.07, 6.45) is 2.47. The van der Waals surface area contributed by atoms with Crippen molar-refractivity contribution in [3.8, 4) is 5.75 Å². The lowest BCUT2D eigenvalue weighted by Crippen LogP contribution is -2.07. The average molecular weight is 258 g/mol. The van der Waals surface area contributed by atoms with E-state index in [0.29, 0.717) is 0 Å². The molecule has 2 heterocycles. The Balaban J connectivity index is 1.76. The lowest BCUT2D eigenvalue weighted by atomic mass is 10.0. The summed E-state index contributed by atoms with van der Waals surface area (Å²) >= 11 is 0. The quantitative estimate of drug-likeness (QED) is 0.857. The lowest BCUT2D eigenvalue weighted by molar-refractivity contribution is 0.357. The predicted molar refractivity (Wildman–Crippen MR) is 71.9 cm³/mol. The van der Waals surface area contributed by atoms with Crippen molar-refractivity contribution in [3.05, 3.63) is 53.6 Å². The summed E-state index contributed by atoms with van der Waals surface area (Å²) in [5, 5.41) is 3.31. The third-order valence-electron chi connectivity index (χ3n) is 3.32. The highest BCUT2D eigenvalue weighted by Gasteiger charge is 2.14. The van der Waals surface area contributed by atoms with Gasteiger partial charge in [-0.1, -0.05) is 6.07 Å². The lowest BCUT2D eigenvalue weighted by Gasteiger charge is -2.16. The summed E-state index contributed by atoms with van der Waals surface area (Å²) in [5.41, 5.74) is 3.25. The second kappa shape index (κ2) is 4.88. The summed E-state index contributed by atoms with van der Waals surface area (Å²) in [5.74, 6) is 0.521. The molecule has 1 aromatic carbocycles. The molecule has 0 fully saturated rings. The van der Waals surface area contributed by atoms with Gasteiger partial charge in [-0.15, -0.1) is 0 Å². The summed E-state index contributed by atoms with van der Waals surface area (Å²) in [6.45, 7) is 2.84. The first-order valence-corrected chi connectivity index (χ1v) is 6.36. The van der Waals surface area contributed by atoms with Crippen molar-refractivity contribution in [1.29, 1.82) is 0 Å². The van der Waals surface area contributed by atoms with E-state index in [-0.39, 0.29) is 6.04 Å². The highest BCUT2D eigenvalue weighted by molar-refractivity contribution is 5.46. The molecule has 3 nitrogen and oxygen atoms in total. The Morgan fingerprint density at radius 3 is 3.00 bits per heavy atom. The van der Waals surface area contributed by atoms with E-state index in [1.54, 1.807) is 6.07 Å². The van der Waals surface area contributed by atoms with Crippen molar-refractivity contribution in [3.63, 3.8) is 0 Å². The molecule has 0 bridgehead atoms. The number of ether oxygens (including phenoxy) is 1. The largest absolute Gasteiger partial charge is 0.493 e. The standard InChI is InChI=1S/C15H15FN2O/c1-10(18-13-3-5-15(16)17-9-13)11-2-4-14-12(8-11)6-7-19-14/h2-5,8-10,18H,6-7H2,1H3. The second-order valence-corrected chi connectivity index (χ2v) is 4.70. The van der Waals surface area contributed by atoms with Crippen molar-refractivity contribution in [1.82, 2.24) is 4.98 Å². The third-order valence-corrected chi connectivity index (χ3v) is 3.32. The maximum absolute atomic E-state index is 12.7. The minimum absolute atomic E-state index is 0.137.